The highest BCUT2D eigenvalue weighted by Crippen LogP contribution is 2.41. The van der Waals surface area contributed by atoms with E-state index < -0.39 is 11.5 Å². The second-order valence-corrected chi connectivity index (χ2v) is 8.13. The van der Waals surface area contributed by atoms with Crippen molar-refractivity contribution in [3.8, 4) is 17.3 Å². The molecule has 0 atom stereocenters. The molecule has 0 aliphatic carbocycles. The number of anilines is 2. The lowest BCUT2D eigenvalue weighted by Crippen LogP contribution is -2.34. The molecule has 0 radical (unpaired) electrons. The van der Waals surface area contributed by atoms with E-state index in [4.69, 9.17) is 39.2 Å². The van der Waals surface area contributed by atoms with Gasteiger partial charge in [0.2, 0.25) is 0 Å². The summed E-state index contributed by atoms with van der Waals surface area (Å²) in [4.78, 5) is 20.8. The molecule has 0 unspecified atom stereocenters. The first-order valence-electron chi connectivity index (χ1n) is 8.43. The highest BCUT2D eigenvalue weighted by atomic mass is 35.5. The van der Waals surface area contributed by atoms with Gasteiger partial charge in [0.25, 0.3) is 0 Å². The van der Waals surface area contributed by atoms with Crippen molar-refractivity contribution in [3.63, 3.8) is 0 Å². The van der Waals surface area contributed by atoms with E-state index in [-0.39, 0.29) is 54.1 Å². The minimum atomic E-state index is -0.748. The predicted octanol–water partition coefficient (Wildman–Crippen LogP) is 1.85. The third-order valence-corrected chi connectivity index (χ3v) is 6.01. The normalized spacial score (nSPS) is 11.7. The average Bonchev–Trinajstić information content (AvgIpc) is 3.22. The molecule has 4 aromatic rings. The first-order chi connectivity index (χ1) is 14.7. The van der Waals surface area contributed by atoms with Gasteiger partial charge in [0.15, 0.2) is 7.05 Å². The zero-order valence-electron chi connectivity index (χ0n) is 15.6. The molecule has 13 heteroatoms. The lowest BCUT2D eigenvalue weighted by Gasteiger charge is -2.10. The SMILES string of the molecule is C[n+]1[nH]oc(=O)c1-c1c(C#N)c(N)nc2sc(C([O-])=Nc3ccc(Cl)cc3Cl)c(N)c12. The van der Waals surface area contributed by atoms with Gasteiger partial charge in [-0.15, -0.1) is 11.3 Å². The number of benzene rings is 1. The smallest absolute Gasteiger partial charge is 0.435 e. The number of thiophene rings is 1. The van der Waals surface area contributed by atoms with Gasteiger partial charge in [0.05, 0.1) is 32.2 Å². The summed E-state index contributed by atoms with van der Waals surface area (Å²) in [6, 6.07) is 6.42. The van der Waals surface area contributed by atoms with Crippen LogP contribution in [0.5, 0.6) is 0 Å². The van der Waals surface area contributed by atoms with Gasteiger partial charge in [0.1, 0.15) is 22.3 Å². The fourth-order valence-corrected chi connectivity index (χ4v) is 4.47. The molecule has 156 valence electrons. The summed E-state index contributed by atoms with van der Waals surface area (Å²) in [6.07, 6.45) is 0. The van der Waals surface area contributed by atoms with Gasteiger partial charge in [-0.2, -0.15) is 5.26 Å². The van der Waals surface area contributed by atoms with E-state index in [0.29, 0.717) is 5.02 Å². The van der Waals surface area contributed by atoms with Crippen molar-refractivity contribution >= 4 is 67.8 Å². The van der Waals surface area contributed by atoms with Gasteiger partial charge >= 0.3 is 11.3 Å². The number of pyridine rings is 1. The van der Waals surface area contributed by atoms with E-state index in [1.165, 1.54) is 23.9 Å². The van der Waals surface area contributed by atoms with Crippen LogP contribution in [-0.2, 0) is 7.05 Å². The minimum Gasteiger partial charge on any atom is -0.858 e. The number of aliphatic imine (C=N–C) groups is 1. The molecule has 4 rings (SSSR count). The Morgan fingerprint density at radius 2 is 2.16 bits per heavy atom. The second kappa shape index (κ2) is 7.59. The number of hydrogen-bond donors (Lipinski definition) is 3. The van der Waals surface area contributed by atoms with Crippen molar-refractivity contribution in [2.75, 3.05) is 11.5 Å². The third-order valence-electron chi connectivity index (χ3n) is 4.38. The van der Waals surface area contributed by atoms with Crippen molar-refractivity contribution in [3.05, 3.63) is 49.1 Å². The maximum atomic E-state index is 12.9. The van der Waals surface area contributed by atoms with E-state index in [1.54, 1.807) is 6.07 Å². The van der Waals surface area contributed by atoms with Crippen LogP contribution in [0.2, 0.25) is 10.0 Å². The van der Waals surface area contributed by atoms with E-state index in [1.807, 2.05) is 6.07 Å². The molecule has 0 spiro atoms. The summed E-state index contributed by atoms with van der Waals surface area (Å²) in [5.74, 6) is -0.804. The third kappa shape index (κ3) is 3.36. The standard InChI is InChI=1S/C18H11Cl2N7O3S/c1-27-13(18(29)30-26-27)10-7(5-21)15(23)25-17-11(10)12(22)14(31-17)16(28)24-9-3-2-6(19)4-8(9)20/h2-4H,1H3,(H5-,22,23,24,25,26,28,29). The largest absolute Gasteiger partial charge is 0.858 e. The van der Waals surface area contributed by atoms with Crippen LogP contribution in [0, 0.1) is 11.3 Å². The number of rotatable bonds is 3. The number of nitrogens with zero attached hydrogens (tertiary/aromatic N) is 4. The quantitative estimate of drug-likeness (QED) is 0.230. The van der Waals surface area contributed by atoms with Crippen LogP contribution in [0.4, 0.5) is 17.2 Å². The Labute approximate surface area is 187 Å². The second-order valence-electron chi connectivity index (χ2n) is 6.28. The van der Waals surface area contributed by atoms with E-state index >= 15 is 0 Å². The first kappa shape index (κ1) is 20.7. The van der Waals surface area contributed by atoms with Gasteiger partial charge in [-0.3, -0.25) is 9.52 Å². The molecule has 0 amide bonds. The zero-order valence-corrected chi connectivity index (χ0v) is 17.9. The topological polar surface area (TPSA) is 174 Å². The minimum absolute atomic E-state index is 0.00145. The van der Waals surface area contributed by atoms with Crippen molar-refractivity contribution in [2.24, 2.45) is 12.0 Å². The fraction of sp³-hybridized carbons (Fsp3) is 0.0556. The number of aromatic amines is 1. The summed E-state index contributed by atoms with van der Waals surface area (Å²) in [5.41, 5.74) is 11.7. The molecule has 31 heavy (non-hydrogen) atoms. The molecular weight excluding hydrogens is 465 g/mol. The van der Waals surface area contributed by atoms with Gasteiger partial charge in [-0.25, -0.2) is 9.78 Å². The molecule has 0 aliphatic rings. The lowest BCUT2D eigenvalue weighted by molar-refractivity contribution is -0.730. The van der Waals surface area contributed by atoms with Gasteiger partial charge in [-0.05, 0) is 23.5 Å². The molecule has 0 bridgehead atoms. The van der Waals surface area contributed by atoms with Crippen molar-refractivity contribution in [1.29, 1.82) is 5.26 Å². The Kier molecular flexibility index (Phi) is 5.06. The molecule has 5 N–H and O–H groups in total. The van der Waals surface area contributed by atoms with Crippen LogP contribution in [0.3, 0.4) is 0 Å². The Balaban J connectivity index is 2.02. The van der Waals surface area contributed by atoms with Crippen molar-refractivity contribution in [2.45, 2.75) is 0 Å². The number of H-pyrrole nitrogens is 1. The van der Waals surface area contributed by atoms with Gasteiger partial charge < -0.3 is 16.6 Å². The zero-order chi connectivity index (χ0) is 22.4. The van der Waals surface area contributed by atoms with Crippen LogP contribution < -0.4 is 26.9 Å². The summed E-state index contributed by atoms with van der Waals surface area (Å²) < 4.78 is 6.07. The Morgan fingerprint density at radius 3 is 2.77 bits per heavy atom. The summed E-state index contributed by atoms with van der Waals surface area (Å²) in [6.45, 7) is 0. The Hall–Kier alpha value is -3.59. The number of halogens is 2. The summed E-state index contributed by atoms with van der Waals surface area (Å²) in [5, 5.41) is 25.7. The molecule has 3 heterocycles. The fourth-order valence-electron chi connectivity index (χ4n) is 3.02. The number of hydrogen-bond acceptors (Lipinski definition) is 9. The molecule has 0 aliphatic heterocycles. The monoisotopic (exact) mass is 475 g/mol. The van der Waals surface area contributed by atoms with Crippen molar-refractivity contribution in [1.82, 2.24) is 10.3 Å². The van der Waals surface area contributed by atoms with E-state index in [9.17, 15) is 15.2 Å². The maximum absolute atomic E-state index is 12.9. The number of nitrogens with one attached hydrogen (secondary N) is 1. The number of nitrogens with two attached hydrogens (primary N) is 2. The molecule has 0 fully saturated rings. The highest BCUT2D eigenvalue weighted by Gasteiger charge is 2.31. The lowest BCUT2D eigenvalue weighted by atomic mass is 10.0. The predicted molar refractivity (Wildman–Crippen MR) is 115 cm³/mol. The van der Waals surface area contributed by atoms with E-state index in [2.05, 4.69) is 15.2 Å². The van der Waals surface area contributed by atoms with Crippen molar-refractivity contribution < 1.29 is 14.3 Å². The maximum Gasteiger partial charge on any atom is 0.435 e. The molecular formula is C18H11Cl2N7O3S. The molecule has 1 aromatic carbocycles. The molecule has 0 saturated carbocycles. The van der Waals surface area contributed by atoms with Gasteiger partial charge in [0, 0.05) is 10.9 Å². The Morgan fingerprint density at radius 1 is 1.42 bits per heavy atom. The first-order valence-corrected chi connectivity index (χ1v) is 10.0. The highest BCUT2D eigenvalue weighted by molar-refractivity contribution is 7.21. The van der Waals surface area contributed by atoms with Crippen LogP contribution >= 0.6 is 34.5 Å². The van der Waals surface area contributed by atoms with Crippen LogP contribution in [0.15, 0.2) is 32.5 Å². The van der Waals surface area contributed by atoms with Gasteiger partial charge in [-0.1, -0.05) is 27.9 Å². The number of aromatic nitrogens is 3. The average molecular weight is 476 g/mol. The molecule has 10 nitrogen and oxygen atoms in total. The number of fused-ring (bicyclic) bond motifs is 1. The number of aryl methyl sites for hydroxylation is 1. The summed E-state index contributed by atoms with van der Waals surface area (Å²) in [7, 11) is 1.51. The summed E-state index contributed by atoms with van der Waals surface area (Å²) >= 11 is 12.9. The van der Waals surface area contributed by atoms with Crippen LogP contribution in [0.1, 0.15) is 10.4 Å². The van der Waals surface area contributed by atoms with Crippen LogP contribution in [0.25, 0.3) is 21.5 Å². The number of nitriles is 1. The van der Waals surface area contributed by atoms with E-state index in [0.717, 1.165) is 11.3 Å². The number of nitrogen functional groups attached to an aromatic ring is 2. The molecule has 0 saturated heterocycles. The Bertz CT molecular complexity index is 1500. The molecule has 3 aromatic heterocycles. The van der Waals surface area contributed by atoms with Crippen LogP contribution in [-0.4, -0.2) is 16.2 Å².